The van der Waals surface area contributed by atoms with Crippen molar-refractivity contribution >= 4 is 5.84 Å². The zero-order valence-corrected chi connectivity index (χ0v) is 10.5. The van der Waals surface area contributed by atoms with E-state index < -0.39 is 0 Å². The minimum atomic E-state index is 0.230. The van der Waals surface area contributed by atoms with Crippen LogP contribution in [0.25, 0.3) is 0 Å². The summed E-state index contributed by atoms with van der Waals surface area (Å²) in [5, 5.41) is 7.25. The molecule has 4 heteroatoms. The molecule has 0 aliphatic carbocycles. The van der Waals surface area contributed by atoms with E-state index in [9.17, 15) is 0 Å². The van der Waals surface area contributed by atoms with E-state index in [4.69, 9.17) is 15.9 Å². The lowest BCUT2D eigenvalue weighted by Gasteiger charge is -2.24. The van der Waals surface area contributed by atoms with Crippen LogP contribution in [0.5, 0.6) is 5.75 Å². The lowest BCUT2D eigenvalue weighted by Crippen LogP contribution is -2.35. The van der Waals surface area contributed by atoms with Crippen LogP contribution >= 0.6 is 0 Å². The number of nitrogens with zero attached hydrogens (tertiary/aromatic N) is 1. The number of ether oxygens (including phenoxy) is 1. The zero-order chi connectivity index (χ0) is 12.7. The molecule has 4 nitrogen and oxygen atoms in total. The van der Waals surface area contributed by atoms with Crippen LogP contribution in [0.4, 0.5) is 0 Å². The maximum Gasteiger partial charge on any atom is 0.119 e. The summed E-state index contributed by atoms with van der Waals surface area (Å²) in [7, 11) is 2.02. The first kappa shape index (κ1) is 13.5. The van der Waals surface area contributed by atoms with Crippen LogP contribution in [0, 0.1) is 5.41 Å². The highest BCUT2D eigenvalue weighted by molar-refractivity contribution is 5.77. The molecule has 0 saturated heterocycles. The summed E-state index contributed by atoms with van der Waals surface area (Å²) in [6.07, 6.45) is 0.599. The van der Waals surface area contributed by atoms with Crippen molar-refractivity contribution in [1.29, 1.82) is 5.41 Å². The Morgan fingerprint density at radius 1 is 1.41 bits per heavy atom. The summed E-state index contributed by atoms with van der Waals surface area (Å²) in [6, 6.07) is 10.0. The van der Waals surface area contributed by atoms with E-state index in [2.05, 4.69) is 11.8 Å². The van der Waals surface area contributed by atoms with Crippen LogP contribution < -0.4 is 10.5 Å². The minimum absolute atomic E-state index is 0.230. The molecule has 0 fully saturated rings. The second-order valence-electron chi connectivity index (χ2n) is 4.22. The normalized spacial score (nSPS) is 12.4. The van der Waals surface area contributed by atoms with Crippen LogP contribution in [-0.4, -0.2) is 37.0 Å². The smallest absolute Gasteiger partial charge is 0.119 e. The fraction of sp³-hybridized carbons (Fsp3) is 0.462. The molecule has 0 aliphatic heterocycles. The molecule has 1 rings (SSSR count). The molecular weight excluding hydrogens is 214 g/mol. The fourth-order valence-electron chi connectivity index (χ4n) is 1.52. The summed E-state index contributed by atoms with van der Waals surface area (Å²) >= 11 is 0. The molecular formula is C13H21N3O. The second-order valence-corrected chi connectivity index (χ2v) is 4.22. The Morgan fingerprint density at radius 2 is 2.06 bits per heavy atom. The molecule has 0 radical (unpaired) electrons. The monoisotopic (exact) mass is 235 g/mol. The summed E-state index contributed by atoms with van der Waals surface area (Å²) in [5.41, 5.74) is 5.38. The molecule has 0 amide bonds. The quantitative estimate of drug-likeness (QED) is 0.558. The van der Waals surface area contributed by atoms with Crippen molar-refractivity contribution in [2.24, 2.45) is 5.73 Å². The van der Waals surface area contributed by atoms with Gasteiger partial charge in [0, 0.05) is 19.0 Å². The molecule has 0 aromatic heterocycles. The maximum atomic E-state index is 7.25. The number of hydrogen-bond donors (Lipinski definition) is 2. The lowest BCUT2D eigenvalue weighted by molar-refractivity contribution is 0.202. The molecule has 94 valence electrons. The number of para-hydroxylation sites is 1. The molecule has 1 aromatic rings. The summed E-state index contributed by atoms with van der Waals surface area (Å²) < 4.78 is 5.61. The zero-order valence-electron chi connectivity index (χ0n) is 10.5. The highest BCUT2D eigenvalue weighted by Crippen LogP contribution is 2.08. The summed E-state index contributed by atoms with van der Waals surface area (Å²) in [4.78, 5) is 2.14. The number of benzene rings is 1. The van der Waals surface area contributed by atoms with E-state index in [1.165, 1.54) is 0 Å². The molecule has 0 spiro atoms. The van der Waals surface area contributed by atoms with E-state index in [0.717, 1.165) is 12.3 Å². The van der Waals surface area contributed by atoms with Crippen LogP contribution in [-0.2, 0) is 0 Å². The Labute approximate surface area is 103 Å². The SMILES string of the molecule is CC(CC(=N)N)N(C)CCOc1ccccc1. The van der Waals surface area contributed by atoms with Gasteiger partial charge in [-0.2, -0.15) is 0 Å². The number of rotatable bonds is 7. The first-order chi connectivity index (χ1) is 8.09. The van der Waals surface area contributed by atoms with Gasteiger partial charge in [-0.05, 0) is 26.1 Å². The summed E-state index contributed by atoms with van der Waals surface area (Å²) in [5.74, 6) is 1.12. The van der Waals surface area contributed by atoms with Crippen molar-refractivity contribution in [2.45, 2.75) is 19.4 Å². The minimum Gasteiger partial charge on any atom is -0.492 e. The Balaban J connectivity index is 2.24. The van der Waals surface area contributed by atoms with E-state index in [1.807, 2.05) is 37.4 Å². The van der Waals surface area contributed by atoms with Crippen molar-refractivity contribution in [2.75, 3.05) is 20.2 Å². The molecule has 17 heavy (non-hydrogen) atoms. The summed E-state index contributed by atoms with van der Waals surface area (Å²) in [6.45, 7) is 3.52. The number of likely N-dealkylation sites (N-methyl/N-ethyl adjacent to an activating group) is 1. The second kappa shape index (κ2) is 6.91. The number of amidine groups is 1. The van der Waals surface area contributed by atoms with Crippen molar-refractivity contribution < 1.29 is 4.74 Å². The van der Waals surface area contributed by atoms with E-state index in [0.29, 0.717) is 13.0 Å². The van der Waals surface area contributed by atoms with Gasteiger partial charge in [0.05, 0.1) is 5.84 Å². The van der Waals surface area contributed by atoms with Gasteiger partial charge in [-0.25, -0.2) is 0 Å². The Hall–Kier alpha value is -1.55. The Bertz CT molecular complexity index is 340. The van der Waals surface area contributed by atoms with Gasteiger partial charge in [0.1, 0.15) is 12.4 Å². The molecule has 1 atom stereocenters. The van der Waals surface area contributed by atoms with Gasteiger partial charge < -0.3 is 10.5 Å². The molecule has 0 aliphatic rings. The first-order valence-corrected chi connectivity index (χ1v) is 5.80. The first-order valence-electron chi connectivity index (χ1n) is 5.80. The fourth-order valence-corrected chi connectivity index (χ4v) is 1.52. The van der Waals surface area contributed by atoms with Crippen LogP contribution in [0.3, 0.4) is 0 Å². The third-order valence-corrected chi connectivity index (χ3v) is 2.72. The maximum absolute atomic E-state index is 7.25. The molecule has 1 aromatic carbocycles. The van der Waals surface area contributed by atoms with E-state index in [1.54, 1.807) is 0 Å². The highest BCUT2D eigenvalue weighted by Gasteiger charge is 2.09. The third kappa shape index (κ3) is 5.36. The molecule has 0 bridgehead atoms. The van der Waals surface area contributed by atoms with Crippen LogP contribution in [0.1, 0.15) is 13.3 Å². The average Bonchev–Trinajstić information content (AvgIpc) is 2.29. The van der Waals surface area contributed by atoms with Gasteiger partial charge in [0.25, 0.3) is 0 Å². The van der Waals surface area contributed by atoms with Gasteiger partial charge in [-0.3, -0.25) is 10.3 Å². The van der Waals surface area contributed by atoms with Gasteiger partial charge in [-0.1, -0.05) is 18.2 Å². The van der Waals surface area contributed by atoms with Crippen molar-refractivity contribution in [1.82, 2.24) is 4.90 Å². The molecule has 1 unspecified atom stereocenters. The van der Waals surface area contributed by atoms with Gasteiger partial charge >= 0.3 is 0 Å². The molecule has 3 N–H and O–H groups in total. The standard InChI is InChI=1S/C13H21N3O/c1-11(10-13(14)15)16(2)8-9-17-12-6-4-3-5-7-12/h3-7,11H,8-10H2,1-2H3,(H3,14,15). The Morgan fingerprint density at radius 3 is 2.65 bits per heavy atom. The number of hydrogen-bond acceptors (Lipinski definition) is 3. The number of nitrogens with two attached hydrogens (primary N) is 1. The largest absolute Gasteiger partial charge is 0.492 e. The van der Waals surface area contributed by atoms with E-state index >= 15 is 0 Å². The van der Waals surface area contributed by atoms with E-state index in [-0.39, 0.29) is 11.9 Å². The highest BCUT2D eigenvalue weighted by atomic mass is 16.5. The van der Waals surface area contributed by atoms with Crippen LogP contribution in [0.15, 0.2) is 30.3 Å². The van der Waals surface area contributed by atoms with Gasteiger partial charge in [0.2, 0.25) is 0 Å². The molecule has 0 heterocycles. The van der Waals surface area contributed by atoms with Gasteiger partial charge in [-0.15, -0.1) is 0 Å². The Kier molecular flexibility index (Phi) is 5.49. The topological polar surface area (TPSA) is 62.3 Å². The average molecular weight is 235 g/mol. The predicted octanol–water partition coefficient (Wildman–Crippen LogP) is 1.71. The van der Waals surface area contributed by atoms with Crippen LogP contribution in [0.2, 0.25) is 0 Å². The van der Waals surface area contributed by atoms with Crippen molar-refractivity contribution in [3.8, 4) is 5.75 Å². The van der Waals surface area contributed by atoms with Crippen molar-refractivity contribution in [3.63, 3.8) is 0 Å². The van der Waals surface area contributed by atoms with Gasteiger partial charge in [0.15, 0.2) is 0 Å². The molecule has 0 saturated carbocycles. The predicted molar refractivity (Wildman–Crippen MR) is 70.6 cm³/mol. The third-order valence-electron chi connectivity index (χ3n) is 2.72. The number of nitrogens with one attached hydrogen (secondary N) is 1. The van der Waals surface area contributed by atoms with Crippen molar-refractivity contribution in [3.05, 3.63) is 30.3 Å². The lowest BCUT2D eigenvalue weighted by atomic mass is 10.2.